The highest BCUT2D eigenvalue weighted by Gasteiger charge is 2.35. The molecule has 7 nitrogen and oxygen atoms in total. The minimum Gasteiger partial charge on any atom is -0.406 e. The van der Waals surface area contributed by atoms with E-state index in [9.17, 15) is 23.1 Å². The Bertz CT molecular complexity index is 1240. The summed E-state index contributed by atoms with van der Waals surface area (Å²) in [6.45, 7) is 5.77. The third-order valence-corrected chi connectivity index (χ3v) is 8.60. The number of hydrogen-bond donors (Lipinski definition) is 2. The van der Waals surface area contributed by atoms with Crippen LogP contribution in [0, 0.1) is 6.92 Å². The molecular formula is C27H31F3N4O3S2. The van der Waals surface area contributed by atoms with Crippen LogP contribution < -0.4 is 15.0 Å². The summed E-state index contributed by atoms with van der Waals surface area (Å²) < 4.78 is 43.5. The van der Waals surface area contributed by atoms with Crippen LogP contribution in [0.3, 0.4) is 0 Å². The van der Waals surface area contributed by atoms with Gasteiger partial charge in [0, 0.05) is 31.1 Å². The van der Waals surface area contributed by atoms with Crippen molar-refractivity contribution in [3.05, 3.63) is 70.2 Å². The SMILES string of the molecule is CCCc1ccc(CNC(=O)[C@H]2CN(c3nc(C)c(CO)s3)CCN2Sc2ccc(OC(F)(F)F)cc2)cc1. The molecule has 39 heavy (non-hydrogen) atoms. The van der Waals surface area contributed by atoms with Gasteiger partial charge in [-0.1, -0.05) is 48.9 Å². The van der Waals surface area contributed by atoms with Crippen LogP contribution in [-0.2, 0) is 24.4 Å². The minimum absolute atomic E-state index is 0.0890. The van der Waals surface area contributed by atoms with Crippen molar-refractivity contribution in [3.8, 4) is 5.75 Å². The minimum atomic E-state index is -4.76. The Morgan fingerprint density at radius 3 is 2.46 bits per heavy atom. The smallest absolute Gasteiger partial charge is 0.406 e. The molecule has 1 atom stereocenters. The van der Waals surface area contributed by atoms with Crippen molar-refractivity contribution in [2.24, 2.45) is 0 Å². The molecule has 0 unspecified atom stereocenters. The van der Waals surface area contributed by atoms with Gasteiger partial charge in [-0.05, 0) is 60.7 Å². The van der Waals surface area contributed by atoms with Crippen molar-refractivity contribution in [1.29, 1.82) is 0 Å². The predicted molar refractivity (Wildman–Crippen MR) is 147 cm³/mol. The van der Waals surface area contributed by atoms with Crippen LogP contribution in [0.25, 0.3) is 0 Å². The monoisotopic (exact) mass is 580 g/mol. The largest absolute Gasteiger partial charge is 0.573 e. The van der Waals surface area contributed by atoms with E-state index in [1.165, 1.54) is 41.0 Å². The molecule has 0 saturated carbocycles. The molecule has 210 valence electrons. The maximum absolute atomic E-state index is 13.5. The molecule has 2 heterocycles. The Morgan fingerprint density at radius 2 is 1.85 bits per heavy atom. The number of amides is 1. The number of nitrogens with zero attached hydrogens (tertiary/aromatic N) is 3. The number of nitrogens with one attached hydrogen (secondary N) is 1. The third kappa shape index (κ3) is 8.10. The van der Waals surface area contributed by atoms with E-state index in [0.29, 0.717) is 31.1 Å². The normalized spacial score (nSPS) is 16.4. The molecule has 3 aromatic rings. The van der Waals surface area contributed by atoms with Gasteiger partial charge < -0.3 is 20.1 Å². The number of alkyl halides is 3. The van der Waals surface area contributed by atoms with Crippen LogP contribution in [0.15, 0.2) is 53.4 Å². The molecular weight excluding hydrogens is 549 g/mol. The summed E-state index contributed by atoms with van der Waals surface area (Å²) in [6.07, 6.45) is -2.68. The molecule has 1 aromatic heterocycles. The van der Waals surface area contributed by atoms with Gasteiger partial charge in [-0.15, -0.1) is 13.2 Å². The lowest BCUT2D eigenvalue weighted by atomic mass is 10.1. The molecule has 1 saturated heterocycles. The quantitative estimate of drug-likeness (QED) is 0.315. The van der Waals surface area contributed by atoms with E-state index in [1.807, 2.05) is 28.3 Å². The number of aliphatic hydroxyl groups excluding tert-OH is 1. The van der Waals surface area contributed by atoms with Crippen molar-refractivity contribution in [1.82, 2.24) is 14.6 Å². The molecule has 0 bridgehead atoms. The summed E-state index contributed by atoms with van der Waals surface area (Å²) in [4.78, 5) is 21.6. The summed E-state index contributed by atoms with van der Waals surface area (Å²) in [7, 11) is 0. The number of hydrogen-bond acceptors (Lipinski definition) is 8. The lowest BCUT2D eigenvalue weighted by molar-refractivity contribution is -0.274. The van der Waals surface area contributed by atoms with E-state index in [1.54, 1.807) is 12.1 Å². The number of carbonyl (C=O) groups is 1. The van der Waals surface area contributed by atoms with Crippen molar-refractivity contribution >= 4 is 34.3 Å². The highest BCUT2D eigenvalue weighted by atomic mass is 32.2. The number of aliphatic hydroxyl groups is 1. The van der Waals surface area contributed by atoms with Crippen LogP contribution in [0.5, 0.6) is 5.75 Å². The first-order chi connectivity index (χ1) is 18.6. The maximum atomic E-state index is 13.5. The fourth-order valence-electron chi connectivity index (χ4n) is 4.21. The van der Waals surface area contributed by atoms with Crippen LogP contribution in [0.4, 0.5) is 18.3 Å². The summed E-state index contributed by atoms with van der Waals surface area (Å²) in [5, 5.41) is 13.4. The van der Waals surface area contributed by atoms with Gasteiger partial charge in [-0.25, -0.2) is 9.29 Å². The number of carbonyl (C=O) groups excluding carboxylic acids is 1. The molecule has 2 aromatic carbocycles. The topological polar surface area (TPSA) is 77.9 Å². The first kappa shape index (κ1) is 29.2. The van der Waals surface area contributed by atoms with Gasteiger partial charge in [-0.2, -0.15) is 0 Å². The summed E-state index contributed by atoms with van der Waals surface area (Å²) in [5.74, 6) is -0.452. The molecule has 1 aliphatic heterocycles. The molecule has 0 aliphatic carbocycles. The molecule has 1 amide bonds. The fourth-order valence-corrected chi connectivity index (χ4v) is 6.16. The van der Waals surface area contributed by atoms with Crippen molar-refractivity contribution < 1.29 is 27.8 Å². The molecule has 2 N–H and O–H groups in total. The van der Waals surface area contributed by atoms with Gasteiger partial charge in [0.15, 0.2) is 5.13 Å². The van der Waals surface area contributed by atoms with E-state index in [4.69, 9.17) is 0 Å². The Kier molecular flexibility index (Phi) is 9.76. The Balaban J connectivity index is 1.47. The molecule has 4 rings (SSSR count). The van der Waals surface area contributed by atoms with Crippen LogP contribution in [0.1, 0.15) is 35.0 Å². The van der Waals surface area contributed by atoms with E-state index in [-0.39, 0.29) is 18.3 Å². The third-order valence-electron chi connectivity index (χ3n) is 6.24. The van der Waals surface area contributed by atoms with E-state index in [0.717, 1.165) is 34.1 Å². The number of halogens is 3. The van der Waals surface area contributed by atoms with E-state index < -0.39 is 12.4 Å². The number of rotatable bonds is 10. The average molecular weight is 581 g/mol. The van der Waals surface area contributed by atoms with Crippen molar-refractivity contribution in [2.45, 2.75) is 57.1 Å². The number of benzene rings is 2. The Morgan fingerprint density at radius 1 is 1.15 bits per heavy atom. The van der Waals surface area contributed by atoms with Gasteiger partial charge in [0.1, 0.15) is 11.8 Å². The molecule has 12 heteroatoms. The second kappa shape index (κ2) is 13.0. The number of ether oxygens (including phenoxy) is 1. The fraction of sp³-hybridized carbons (Fsp3) is 0.407. The number of piperazine rings is 1. The number of thiazole rings is 1. The molecule has 0 radical (unpaired) electrons. The standard InChI is InChI=1S/C27H31F3N4O3S2/c1-3-4-19-5-7-20(8-6-19)15-31-25(36)23-16-33(26-32-18(2)24(17-35)38-26)13-14-34(23)39-22-11-9-21(10-12-22)37-27(28,29)30/h5-12,23,35H,3-4,13-17H2,1-2H3,(H,31,36)/t23-/m1/s1. The highest BCUT2D eigenvalue weighted by molar-refractivity contribution is 7.97. The highest BCUT2D eigenvalue weighted by Crippen LogP contribution is 2.33. The summed E-state index contributed by atoms with van der Waals surface area (Å²) >= 11 is 2.73. The zero-order valence-corrected chi connectivity index (χ0v) is 23.3. The summed E-state index contributed by atoms with van der Waals surface area (Å²) in [5.41, 5.74) is 3.02. The van der Waals surface area contributed by atoms with Crippen LogP contribution in [-0.4, -0.2) is 52.3 Å². The van der Waals surface area contributed by atoms with E-state index >= 15 is 0 Å². The van der Waals surface area contributed by atoms with Gasteiger partial charge >= 0.3 is 6.36 Å². The summed E-state index contributed by atoms with van der Waals surface area (Å²) in [6, 6.07) is 13.3. The van der Waals surface area contributed by atoms with Gasteiger partial charge in [0.2, 0.25) is 5.91 Å². The average Bonchev–Trinajstić information content (AvgIpc) is 3.29. The lowest BCUT2D eigenvalue weighted by Gasteiger charge is -2.39. The van der Waals surface area contributed by atoms with E-state index in [2.05, 4.69) is 34.1 Å². The van der Waals surface area contributed by atoms with Crippen molar-refractivity contribution in [2.75, 3.05) is 24.5 Å². The number of anilines is 1. The van der Waals surface area contributed by atoms with Gasteiger partial charge in [0.25, 0.3) is 0 Å². The second-order valence-electron chi connectivity index (χ2n) is 9.16. The second-order valence-corrected chi connectivity index (χ2v) is 11.3. The number of aromatic nitrogens is 1. The first-order valence-corrected chi connectivity index (χ1v) is 14.2. The maximum Gasteiger partial charge on any atom is 0.573 e. The van der Waals surface area contributed by atoms with Gasteiger partial charge in [-0.3, -0.25) is 4.79 Å². The van der Waals surface area contributed by atoms with Crippen molar-refractivity contribution in [3.63, 3.8) is 0 Å². The zero-order valence-electron chi connectivity index (χ0n) is 21.7. The van der Waals surface area contributed by atoms with Crippen LogP contribution in [0.2, 0.25) is 0 Å². The molecule has 1 aliphatic rings. The van der Waals surface area contributed by atoms with Gasteiger partial charge in [0.05, 0.1) is 17.2 Å². The first-order valence-electron chi connectivity index (χ1n) is 12.6. The molecule has 0 spiro atoms. The predicted octanol–water partition coefficient (Wildman–Crippen LogP) is 5.31. The zero-order chi connectivity index (χ0) is 28.0. The number of aryl methyl sites for hydroxylation is 2. The Hall–Kier alpha value is -2.80. The van der Waals surface area contributed by atoms with Crippen LogP contribution >= 0.6 is 23.3 Å². The lowest BCUT2D eigenvalue weighted by Crippen LogP contribution is -2.56. The molecule has 1 fully saturated rings. The Labute approximate surface area is 234 Å².